The first-order chi connectivity index (χ1) is 13.6. The van der Waals surface area contributed by atoms with Crippen molar-refractivity contribution in [2.45, 2.75) is 19.3 Å². The highest BCUT2D eigenvalue weighted by atomic mass is 19.1. The molecule has 1 heterocycles. The van der Waals surface area contributed by atoms with Gasteiger partial charge in [-0.2, -0.15) is 0 Å². The Hall–Kier alpha value is -2.89. The zero-order valence-corrected chi connectivity index (χ0v) is 15.7. The second kappa shape index (κ2) is 8.00. The van der Waals surface area contributed by atoms with Gasteiger partial charge in [0, 0.05) is 43.5 Å². The zero-order valence-electron chi connectivity index (χ0n) is 15.7. The molecular weight excluding hydrogens is 357 g/mol. The average molecular weight is 381 g/mol. The van der Waals surface area contributed by atoms with Crippen molar-refractivity contribution in [3.05, 3.63) is 59.9 Å². The highest BCUT2D eigenvalue weighted by Gasteiger charge is 2.34. The number of nitrogens with one attached hydrogen (secondary N) is 1. The fourth-order valence-electron chi connectivity index (χ4n) is 3.52. The van der Waals surface area contributed by atoms with Gasteiger partial charge in [-0.05, 0) is 54.8 Å². The number of rotatable bonds is 5. The van der Waals surface area contributed by atoms with Crippen molar-refractivity contribution in [2.75, 3.05) is 36.4 Å². The summed E-state index contributed by atoms with van der Waals surface area (Å²) in [4.78, 5) is 28.6. The second-order valence-electron chi connectivity index (χ2n) is 7.48. The molecule has 1 N–H and O–H groups in total. The van der Waals surface area contributed by atoms with Crippen LogP contribution in [0, 0.1) is 11.7 Å². The summed E-state index contributed by atoms with van der Waals surface area (Å²) in [5.41, 5.74) is 2.60. The van der Waals surface area contributed by atoms with Gasteiger partial charge >= 0.3 is 0 Å². The Morgan fingerprint density at radius 2 is 1.57 bits per heavy atom. The lowest BCUT2D eigenvalue weighted by atomic mass is 10.1. The first kappa shape index (κ1) is 18.5. The third-order valence-corrected chi connectivity index (χ3v) is 5.31. The largest absolute Gasteiger partial charge is 0.368 e. The summed E-state index contributed by atoms with van der Waals surface area (Å²) >= 11 is 0. The third-order valence-electron chi connectivity index (χ3n) is 5.31. The molecule has 2 aliphatic rings. The quantitative estimate of drug-likeness (QED) is 0.866. The molecule has 146 valence electrons. The van der Waals surface area contributed by atoms with Crippen molar-refractivity contribution in [3.8, 4) is 0 Å². The Morgan fingerprint density at radius 1 is 0.929 bits per heavy atom. The summed E-state index contributed by atoms with van der Waals surface area (Å²) in [6, 6.07) is 13.7. The number of hydrogen-bond acceptors (Lipinski definition) is 3. The van der Waals surface area contributed by atoms with E-state index in [1.54, 1.807) is 12.1 Å². The number of nitrogens with zero attached hydrogens (tertiary/aromatic N) is 2. The van der Waals surface area contributed by atoms with E-state index >= 15 is 0 Å². The van der Waals surface area contributed by atoms with E-state index in [1.807, 2.05) is 29.2 Å². The van der Waals surface area contributed by atoms with Crippen LogP contribution < -0.4 is 10.2 Å². The molecule has 28 heavy (non-hydrogen) atoms. The molecule has 0 radical (unpaired) electrons. The van der Waals surface area contributed by atoms with E-state index in [9.17, 15) is 14.0 Å². The minimum atomic E-state index is -0.308. The van der Waals surface area contributed by atoms with Crippen molar-refractivity contribution >= 4 is 23.2 Å². The van der Waals surface area contributed by atoms with Gasteiger partial charge in [0.25, 0.3) is 0 Å². The first-order valence-electron chi connectivity index (χ1n) is 9.76. The van der Waals surface area contributed by atoms with E-state index in [0.717, 1.165) is 56.0 Å². The van der Waals surface area contributed by atoms with Crippen molar-refractivity contribution in [2.24, 2.45) is 5.92 Å². The molecule has 0 bridgehead atoms. The zero-order chi connectivity index (χ0) is 19.5. The monoisotopic (exact) mass is 381 g/mol. The van der Waals surface area contributed by atoms with Gasteiger partial charge in [-0.1, -0.05) is 12.1 Å². The summed E-state index contributed by atoms with van der Waals surface area (Å²) in [5, 5.41) is 2.87. The number of amides is 2. The summed E-state index contributed by atoms with van der Waals surface area (Å²) in [7, 11) is 0. The van der Waals surface area contributed by atoms with Crippen LogP contribution in [0.15, 0.2) is 48.5 Å². The number of halogens is 1. The van der Waals surface area contributed by atoms with Crippen LogP contribution in [0.3, 0.4) is 0 Å². The third kappa shape index (κ3) is 4.50. The molecule has 2 fully saturated rings. The summed E-state index contributed by atoms with van der Waals surface area (Å²) in [5.74, 6) is 0.160. The number of benzene rings is 2. The number of anilines is 2. The lowest BCUT2D eigenvalue weighted by Gasteiger charge is -2.36. The maximum atomic E-state index is 12.9. The van der Waals surface area contributed by atoms with E-state index in [4.69, 9.17) is 0 Å². The minimum Gasteiger partial charge on any atom is -0.368 e. The molecule has 0 unspecified atom stereocenters. The average Bonchev–Trinajstić information content (AvgIpc) is 3.55. The van der Waals surface area contributed by atoms with Crippen LogP contribution in [-0.4, -0.2) is 42.9 Å². The lowest BCUT2D eigenvalue weighted by molar-refractivity contribution is -0.132. The predicted molar refractivity (Wildman–Crippen MR) is 107 cm³/mol. The number of piperazine rings is 1. The molecule has 0 atom stereocenters. The van der Waals surface area contributed by atoms with Gasteiger partial charge in [0.05, 0.1) is 6.42 Å². The van der Waals surface area contributed by atoms with Crippen LogP contribution in [0.1, 0.15) is 18.4 Å². The molecule has 1 aliphatic heterocycles. The number of hydrogen-bond donors (Lipinski definition) is 1. The molecule has 1 saturated heterocycles. The topological polar surface area (TPSA) is 52.7 Å². The van der Waals surface area contributed by atoms with E-state index in [1.165, 1.54) is 12.1 Å². The van der Waals surface area contributed by atoms with Crippen molar-refractivity contribution in [1.29, 1.82) is 0 Å². The standard InChI is InChI=1S/C22H24FN3O2/c23-18-5-1-16(2-6-18)15-21(27)24-19-7-9-20(10-8-19)25-11-13-26(14-12-25)22(28)17-3-4-17/h1-2,5-10,17H,3-4,11-15H2,(H,24,27). The van der Waals surface area contributed by atoms with Crippen LogP contribution in [0.4, 0.5) is 15.8 Å². The number of carbonyl (C=O) groups excluding carboxylic acids is 2. The van der Waals surface area contributed by atoms with Gasteiger partial charge in [0.1, 0.15) is 5.82 Å². The van der Waals surface area contributed by atoms with Crippen molar-refractivity contribution in [1.82, 2.24) is 4.90 Å². The second-order valence-corrected chi connectivity index (χ2v) is 7.48. The Balaban J connectivity index is 1.28. The van der Waals surface area contributed by atoms with E-state index in [2.05, 4.69) is 10.2 Å². The predicted octanol–water partition coefficient (Wildman–Crippen LogP) is 3.07. The van der Waals surface area contributed by atoms with Crippen LogP contribution in [0.2, 0.25) is 0 Å². The molecule has 6 heteroatoms. The van der Waals surface area contributed by atoms with Crippen LogP contribution in [0.25, 0.3) is 0 Å². The summed E-state index contributed by atoms with van der Waals surface area (Å²) in [6.07, 6.45) is 2.31. The fourth-order valence-corrected chi connectivity index (χ4v) is 3.52. The number of carbonyl (C=O) groups is 2. The van der Waals surface area contributed by atoms with E-state index < -0.39 is 0 Å². The minimum absolute atomic E-state index is 0.133. The normalized spacial score (nSPS) is 16.8. The molecule has 1 aliphatic carbocycles. The van der Waals surface area contributed by atoms with Gasteiger partial charge in [-0.15, -0.1) is 0 Å². The van der Waals surface area contributed by atoms with Gasteiger partial charge in [-0.25, -0.2) is 4.39 Å². The van der Waals surface area contributed by atoms with Gasteiger partial charge < -0.3 is 15.1 Å². The summed E-state index contributed by atoms with van der Waals surface area (Å²) < 4.78 is 12.9. The first-order valence-corrected chi connectivity index (χ1v) is 9.76. The van der Waals surface area contributed by atoms with Gasteiger partial charge in [0.15, 0.2) is 0 Å². The SMILES string of the molecule is O=C(Cc1ccc(F)cc1)Nc1ccc(N2CCN(C(=O)C3CC3)CC2)cc1. The lowest BCUT2D eigenvalue weighted by Crippen LogP contribution is -2.49. The van der Waals surface area contributed by atoms with E-state index in [-0.39, 0.29) is 24.1 Å². The molecule has 5 nitrogen and oxygen atoms in total. The van der Waals surface area contributed by atoms with Crippen LogP contribution >= 0.6 is 0 Å². The van der Waals surface area contributed by atoms with Crippen molar-refractivity contribution in [3.63, 3.8) is 0 Å². The van der Waals surface area contributed by atoms with Crippen LogP contribution in [0.5, 0.6) is 0 Å². The fraction of sp³-hybridized carbons (Fsp3) is 0.364. The summed E-state index contributed by atoms with van der Waals surface area (Å²) in [6.45, 7) is 3.19. The van der Waals surface area contributed by atoms with Gasteiger partial charge in [-0.3, -0.25) is 9.59 Å². The molecule has 0 aromatic heterocycles. The Bertz CT molecular complexity index is 839. The maximum Gasteiger partial charge on any atom is 0.228 e. The Kier molecular flexibility index (Phi) is 5.28. The molecule has 2 amide bonds. The molecule has 4 rings (SSSR count). The van der Waals surface area contributed by atoms with Crippen molar-refractivity contribution < 1.29 is 14.0 Å². The van der Waals surface area contributed by atoms with Gasteiger partial charge in [0.2, 0.25) is 11.8 Å². The Morgan fingerprint density at radius 3 is 2.18 bits per heavy atom. The highest BCUT2D eigenvalue weighted by Crippen LogP contribution is 2.31. The Labute approximate surface area is 164 Å². The molecule has 0 spiro atoms. The van der Waals surface area contributed by atoms with Crippen LogP contribution in [-0.2, 0) is 16.0 Å². The molecular formula is C22H24FN3O2. The smallest absolute Gasteiger partial charge is 0.228 e. The molecule has 1 saturated carbocycles. The highest BCUT2D eigenvalue weighted by molar-refractivity contribution is 5.92. The molecule has 2 aromatic rings. The van der Waals surface area contributed by atoms with E-state index in [0.29, 0.717) is 5.91 Å². The molecule has 2 aromatic carbocycles. The maximum absolute atomic E-state index is 12.9.